The molecule has 0 spiro atoms. The van der Waals surface area contributed by atoms with Crippen molar-refractivity contribution in [2.75, 3.05) is 46.5 Å². The number of benzene rings is 1. The van der Waals surface area contributed by atoms with Gasteiger partial charge in [0.2, 0.25) is 0 Å². The minimum atomic E-state index is -0.754. The summed E-state index contributed by atoms with van der Waals surface area (Å²) in [7, 11) is 1.45. The van der Waals surface area contributed by atoms with Crippen molar-refractivity contribution in [3.8, 4) is 0 Å². The molecule has 4 aliphatic rings. The number of ether oxygens (including phenoxy) is 3. The van der Waals surface area contributed by atoms with Crippen LogP contribution >= 0.6 is 11.3 Å². The maximum Gasteiger partial charge on any atom is 0.338 e. The summed E-state index contributed by atoms with van der Waals surface area (Å²) >= 11 is 1.45. The number of aliphatic imine (C=N–C) groups is 1. The van der Waals surface area contributed by atoms with E-state index in [-0.39, 0.29) is 36.5 Å². The normalized spacial score (nSPS) is 27.9. The van der Waals surface area contributed by atoms with Gasteiger partial charge in [-0.1, -0.05) is 12.1 Å². The summed E-state index contributed by atoms with van der Waals surface area (Å²) in [5, 5.41) is 6.00. The monoisotopic (exact) mass is 611 g/mol. The van der Waals surface area contributed by atoms with Crippen molar-refractivity contribution < 1.29 is 28.2 Å². The standard InChI is InChI=1S/C31H38FN5O5S/c1-4-41-31(39)26-23(34-28(29-33-10-13-43-29)35-27(26)21-6-5-7-22(32)18(21)2)15-36-11-12-42-25-17-37(16-24(25)36)20-9-8-19(14-20)30(38)40-3/h5-7,10,13,19-20,24-25,27H,4,8-9,11-12,14-17H2,1-3H3,(H,34,35)/t19?,20?,24-,25+,27+/m1/s1. The van der Waals surface area contributed by atoms with Gasteiger partial charge in [-0.25, -0.2) is 14.2 Å². The number of nitrogens with zero attached hydrogens (tertiary/aromatic N) is 4. The van der Waals surface area contributed by atoms with Crippen molar-refractivity contribution in [3.63, 3.8) is 0 Å². The van der Waals surface area contributed by atoms with Crippen LogP contribution in [-0.4, -0.2) is 97.2 Å². The molecule has 2 saturated heterocycles. The van der Waals surface area contributed by atoms with E-state index in [1.54, 1.807) is 26.1 Å². The highest BCUT2D eigenvalue weighted by atomic mass is 32.1. The number of carbonyl (C=O) groups excluding carboxylic acids is 2. The molecule has 0 amide bonds. The molecule has 6 rings (SSSR count). The van der Waals surface area contributed by atoms with Crippen LogP contribution in [0.5, 0.6) is 0 Å². The van der Waals surface area contributed by atoms with Gasteiger partial charge >= 0.3 is 11.9 Å². The molecule has 1 aromatic carbocycles. The van der Waals surface area contributed by atoms with Gasteiger partial charge in [0.15, 0.2) is 10.8 Å². The van der Waals surface area contributed by atoms with Crippen molar-refractivity contribution in [3.05, 3.63) is 63.0 Å². The molecule has 4 heterocycles. The number of fused-ring (bicyclic) bond motifs is 1. The number of aromatic nitrogens is 1. The van der Waals surface area contributed by atoms with Crippen molar-refractivity contribution in [2.24, 2.45) is 10.9 Å². The lowest BCUT2D eigenvalue weighted by Crippen LogP contribution is -2.53. The van der Waals surface area contributed by atoms with Crippen LogP contribution in [0.25, 0.3) is 0 Å². The summed E-state index contributed by atoms with van der Waals surface area (Å²) in [5.74, 6) is -0.456. The Hall–Kier alpha value is -3.19. The Balaban J connectivity index is 1.31. The zero-order valence-electron chi connectivity index (χ0n) is 24.8. The number of hydrogen-bond acceptors (Lipinski definition) is 11. The SMILES string of the molecule is CCOC(=O)C1=C(CN2CCO[C@H]3CN(C4CCC(C(=O)OC)C4)C[C@H]32)NC(c2nccs2)=N[C@H]1c1cccc(F)c1C. The Labute approximate surface area is 254 Å². The predicted molar refractivity (Wildman–Crippen MR) is 159 cm³/mol. The quantitative estimate of drug-likeness (QED) is 0.451. The Kier molecular flexibility index (Phi) is 8.90. The molecule has 10 nitrogen and oxygen atoms in total. The molecule has 43 heavy (non-hydrogen) atoms. The van der Waals surface area contributed by atoms with E-state index >= 15 is 0 Å². The molecular weight excluding hydrogens is 573 g/mol. The van der Waals surface area contributed by atoms with E-state index < -0.39 is 12.0 Å². The van der Waals surface area contributed by atoms with Gasteiger partial charge in [0.25, 0.3) is 0 Å². The van der Waals surface area contributed by atoms with E-state index in [0.717, 1.165) is 32.4 Å². The molecule has 2 aromatic rings. The zero-order chi connectivity index (χ0) is 30.1. The molecular formula is C31H38FN5O5S. The van der Waals surface area contributed by atoms with Gasteiger partial charge < -0.3 is 19.5 Å². The number of nitrogens with one attached hydrogen (secondary N) is 1. The Morgan fingerprint density at radius 3 is 2.88 bits per heavy atom. The highest BCUT2D eigenvalue weighted by Crippen LogP contribution is 2.37. The fourth-order valence-corrected chi connectivity index (χ4v) is 7.51. The average molecular weight is 612 g/mol. The van der Waals surface area contributed by atoms with Crippen molar-refractivity contribution in [1.29, 1.82) is 0 Å². The van der Waals surface area contributed by atoms with Crippen LogP contribution in [0.2, 0.25) is 0 Å². The van der Waals surface area contributed by atoms with Gasteiger partial charge in [-0.05, 0) is 50.3 Å². The summed E-state index contributed by atoms with van der Waals surface area (Å²) in [6.45, 7) is 7.01. The van der Waals surface area contributed by atoms with Crippen LogP contribution < -0.4 is 5.32 Å². The third-order valence-corrected chi connectivity index (χ3v) is 9.90. The van der Waals surface area contributed by atoms with Crippen LogP contribution in [0.1, 0.15) is 48.4 Å². The molecule has 230 valence electrons. The van der Waals surface area contributed by atoms with Gasteiger partial charge in [-0.2, -0.15) is 0 Å². The maximum atomic E-state index is 14.8. The molecule has 12 heteroatoms. The second-order valence-electron chi connectivity index (χ2n) is 11.5. The molecule has 1 aromatic heterocycles. The van der Waals surface area contributed by atoms with E-state index in [2.05, 4.69) is 20.1 Å². The van der Waals surface area contributed by atoms with E-state index in [4.69, 9.17) is 19.2 Å². The van der Waals surface area contributed by atoms with Crippen LogP contribution in [0.15, 0.2) is 46.0 Å². The van der Waals surface area contributed by atoms with Crippen LogP contribution in [-0.2, 0) is 23.8 Å². The molecule has 1 aliphatic carbocycles. The topological polar surface area (TPSA) is 106 Å². The smallest absolute Gasteiger partial charge is 0.338 e. The zero-order valence-corrected chi connectivity index (χ0v) is 25.6. The van der Waals surface area contributed by atoms with Gasteiger partial charge in [0.05, 0.1) is 44.0 Å². The first kappa shape index (κ1) is 29.9. The van der Waals surface area contributed by atoms with Gasteiger partial charge in [0.1, 0.15) is 11.9 Å². The number of esters is 2. The summed E-state index contributed by atoms with van der Waals surface area (Å²) in [6.07, 6.45) is 4.34. The first-order valence-electron chi connectivity index (χ1n) is 14.9. The molecule has 1 N–H and O–H groups in total. The number of likely N-dealkylation sites (tertiary alicyclic amines) is 1. The Bertz CT molecular complexity index is 1420. The van der Waals surface area contributed by atoms with Crippen molar-refractivity contribution in [1.82, 2.24) is 20.1 Å². The number of thiazole rings is 1. The molecule has 3 aliphatic heterocycles. The fraction of sp³-hybridized carbons (Fsp3) is 0.548. The number of methoxy groups -OCH3 is 1. The summed E-state index contributed by atoms with van der Waals surface area (Å²) in [4.78, 5) is 40.0. The second-order valence-corrected chi connectivity index (χ2v) is 12.4. The summed E-state index contributed by atoms with van der Waals surface area (Å²) in [5.41, 5.74) is 2.12. The fourth-order valence-electron chi connectivity index (χ4n) is 6.92. The lowest BCUT2D eigenvalue weighted by molar-refractivity contribution is -0.145. The highest BCUT2D eigenvalue weighted by molar-refractivity contribution is 7.11. The third-order valence-electron chi connectivity index (χ3n) is 9.12. The molecule has 1 saturated carbocycles. The van der Waals surface area contributed by atoms with Crippen LogP contribution in [0, 0.1) is 18.7 Å². The molecule has 0 bridgehead atoms. The number of amidine groups is 1. The maximum absolute atomic E-state index is 14.8. The van der Waals surface area contributed by atoms with E-state index in [9.17, 15) is 14.0 Å². The van der Waals surface area contributed by atoms with Gasteiger partial charge in [0, 0.05) is 49.5 Å². The highest BCUT2D eigenvalue weighted by Gasteiger charge is 2.45. The molecule has 3 fully saturated rings. The summed E-state index contributed by atoms with van der Waals surface area (Å²) < 4.78 is 31.6. The number of hydrogen-bond donors (Lipinski definition) is 1. The first-order valence-corrected chi connectivity index (χ1v) is 15.8. The number of halogens is 1. The minimum Gasteiger partial charge on any atom is -0.469 e. The Morgan fingerprint density at radius 1 is 1.26 bits per heavy atom. The first-order chi connectivity index (χ1) is 20.9. The van der Waals surface area contributed by atoms with Crippen molar-refractivity contribution >= 4 is 29.1 Å². The molecule has 5 atom stereocenters. The van der Waals surface area contributed by atoms with E-state index in [0.29, 0.717) is 59.0 Å². The van der Waals surface area contributed by atoms with Gasteiger partial charge in [-0.15, -0.1) is 11.3 Å². The van der Waals surface area contributed by atoms with Crippen molar-refractivity contribution in [2.45, 2.75) is 57.3 Å². The Morgan fingerprint density at radius 2 is 2.12 bits per heavy atom. The van der Waals surface area contributed by atoms with E-state index in [1.165, 1.54) is 24.5 Å². The molecule has 0 radical (unpaired) electrons. The lowest BCUT2D eigenvalue weighted by Gasteiger charge is -2.39. The lowest BCUT2D eigenvalue weighted by atomic mass is 9.92. The average Bonchev–Trinajstić information content (AvgIpc) is 3.79. The number of morpholine rings is 1. The molecule has 2 unspecified atom stereocenters. The number of rotatable bonds is 8. The largest absolute Gasteiger partial charge is 0.469 e. The minimum absolute atomic E-state index is 0.0227. The summed E-state index contributed by atoms with van der Waals surface area (Å²) in [6, 6.07) is 4.55. The van der Waals surface area contributed by atoms with Crippen LogP contribution in [0.3, 0.4) is 0 Å². The number of carbonyl (C=O) groups is 2. The van der Waals surface area contributed by atoms with Crippen LogP contribution in [0.4, 0.5) is 4.39 Å². The third kappa shape index (κ3) is 5.98. The predicted octanol–water partition coefficient (Wildman–Crippen LogP) is 3.23. The second kappa shape index (κ2) is 12.8. The van der Waals surface area contributed by atoms with E-state index in [1.807, 2.05) is 11.4 Å². The van der Waals surface area contributed by atoms with Gasteiger partial charge in [-0.3, -0.25) is 19.6 Å².